The molecule has 0 bridgehead atoms. The van der Waals surface area contributed by atoms with Gasteiger partial charge in [0.05, 0.1) is 17.5 Å². The third-order valence-corrected chi connectivity index (χ3v) is 4.70. The lowest BCUT2D eigenvalue weighted by molar-refractivity contribution is -0.146. The molecule has 0 radical (unpaired) electrons. The van der Waals surface area contributed by atoms with Crippen LogP contribution in [0.4, 0.5) is 10.1 Å². The lowest BCUT2D eigenvalue weighted by Crippen LogP contribution is -2.45. The predicted molar refractivity (Wildman–Crippen MR) is 83.8 cm³/mol. The quantitative estimate of drug-likeness (QED) is 0.909. The Labute approximate surface area is 138 Å². The fourth-order valence-corrected chi connectivity index (χ4v) is 3.41. The van der Waals surface area contributed by atoms with Crippen molar-refractivity contribution in [2.45, 2.75) is 19.3 Å². The number of benzene rings is 1. The second-order valence-corrected chi connectivity index (χ2v) is 6.32. The van der Waals surface area contributed by atoms with E-state index in [1.54, 1.807) is 12.1 Å². The number of piperidine rings is 1. The largest absolute Gasteiger partial charge is 0.481 e. The molecule has 24 heavy (non-hydrogen) atoms. The molecule has 2 aliphatic heterocycles. The van der Waals surface area contributed by atoms with Crippen LogP contribution in [0.2, 0.25) is 0 Å². The van der Waals surface area contributed by atoms with Gasteiger partial charge in [0.2, 0.25) is 11.8 Å². The first-order valence-corrected chi connectivity index (χ1v) is 8.04. The van der Waals surface area contributed by atoms with Gasteiger partial charge in [0.1, 0.15) is 5.82 Å². The standard InChI is InChI=1S/C17H19FN2O4/c18-13-5-1-2-6-14(13)20-10-12(8-15(20)21)16(22)19-7-3-4-11(9-19)17(23)24/h1-2,5-6,11-12H,3-4,7-10H2,(H,23,24)/t11-,12-/m0/s1. The molecule has 2 atom stereocenters. The Morgan fingerprint density at radius 1 is 1.17 bits per heavy atom. The van der Waals surface area contributed by atoms with E-state index in [2.05, 4.69) is 0 Å². The Bertz CT molecular complexity index is 678. The third kappa shape index (κ3) is 3.11. The van der Waals surface area contributed by atoms with Gasteiger partial charge < -0.3 is 14.9 Å². The number of anilines is 1. The van der Waals surface area contributed by atoms with E-state index in [1.165, 1.54) is 21.9 Å². The number of aliphatic carboxylic acids is 1. The lowest BCUT2D eigenvalue weighted by Gasteiger charge is -2.32. The molecule has 7 heteroatoms. The fraction of sp³-hybridized carbons (Fsp3) is 0.471. The van der Waals surface area contributed by atoms with E-state index in [1.807, 2.05) is 0 Å². The van der Waals surface area contributed by atoms with Crippen LogP contribution >= 0.6 is 0 Å². The molecule has 2 amide bonds. The van der Waals surface area contributed by atoms with Crippen LogP contribution < -0.4 is 4.90 Å². The molecule has 0 spiro atoms. The number of carboxylic acids is 1. The molecule has 0 aromatic heterocycles. The Morgan fingerprint density at radius 2 is 1.92 bits per heavy atom. The Balaban J connectivity index is 1.70. The van der Waals surface area contributed by atoms with Gasteiger partial charge in [0.25, 0.3) is 0 Å². The van der Waals surface area contributed by atoms with E-state index >= 15 is 0 Å². The van der Waals surface area contributed by atoms with Gasteiger partial charge >= 0.3 is 5.97 Å². The van der Waals surface area contributed by atoms with Crippen molar-refractivity contribution in [3.63, 3.8) is 0 Å². The van der Waals surface area contributed by atoms with E-state index in [4.69, 9.17) is 5.11 Å². The first-order valence-electron chi connectivity index (χ1n) is 8.04. The number of carbonyl (C=O) groups excluding carboxylic acids is 2. The first-order chi connectivity index (χ1) is 11.5. The number of para-hydroxylation sites is 1. The first kappa shape index (κ1) is 16.4. The number of hydrogen-bond donors (Lipinski definition) is 1. The van der Waals surface area contributed by atoms with Crippen LogP contribution in [0, 0.1) is 17.7 Å². The highest BCUT2D eigenvalue weighted by atomic mass is 19.1. The zero-order chi connectivity index (χ0) is 17.3. The van der Waals surface area contributed by atoms with Crippen LogP contribution in [0.25, 0.3) is 0 Å². The van der Waals surface area contributed by atoms with Gasteiger partial charge in [-0.3, -0.25) is 14.4 Å². The van der Waals surface area contributed by atoms with Gasteiger partial charge in [-0.15, -0.1) is 0 Å². The Morgan fingerprint density at radius 3 is 2.62 bits per heavy atom. The average Bonchev–Trinajstić information content (AvgIpc) is 2.96. The zero-order valence-corrected chi connectivity index (χ0v) is 13.2. The SMILES string of the molecule is O=C(O)[C@H]1CCCN(C(=O)[C@H]2CC(=O)N(c3ccccc3F)C2)C1. The van der Waals surface area contributed by atoms with Crippen LogP contribution in [0.1, 0.15) is 19.3 Å². The molecule has 1 aromatic carbocycles. The Kier molecular flexibility index (Phi) is 4.51. The van der Waals surface area contributed by atoms with Gasteiger partial charge in [0, 0.05) is 26.1 Å². The molecular weight excluding hydrogens is 315 g/mol. The van der Waals surface area contributed by atoms with Crippen molar-refractivity contribution in [2.24, 2.45) is 11.8 Å². The van der Waals surface area contributed by atoms with Crippen LogP contribution in [0.3, 0.4) is 0 Å². The van der Waals surface area contributed by atoms with Gasteiger partial charge in [-0.2, -0.15) is 0 Å². The molecule has 1 aromatic rings. The van der Waals surface area contributed by atoms with Crippen molar-refractivity contribution in [1.29, 1.82) is 0 Å². The van der Waals surface area contributed by atoms with Crippen molar-refractivity contribution < 1.29 is 23.9 Å². The average molecular weight is 334 g/mol. The van der Waals surface area contributed by atoms with E-state index in [0.29, 0.717) is 19.4 Å². The number of rotatable bonds is 3. The molecule has 0 aliphatic carbocycles. The topological polar surface area (TPSA) is 77.9 Å². The van der Waals surface area contributed by atoms with Crippen LogP contribution in [-0.4, -0.2) is 47.4 Å². The summed E-state index contributed by atoms with van der Waals surface area (Å²) in [5, 5.41) is 9.12. The number of hydrogen-bond acceptors (Lipinski definition) is 3. The summed E-state index contributed by atoms with van der Waals surface area (Å²) in [6.07, 6.45) is 1.23. The van der Waals surface area contributed by atoms with Crippen LogP contribution in [0.15, 0.2) is 24.3 Å². The molecule has 0 saturated carbocycles. The maximum absolute atomic E-state index is 13.9. The van der Waals surface area contributed by atoms with E-state index < -0.39 is 23.6 Å². The van der Waals surface area contributed by atoms with Crippen LogP contribution in [0.5, 0.6) is 0 Å². The summed E-state index contributed by atoms with van der Waals surface area (Å²) in [7, 11) is 0. The lowest BCUT2D eigenvalue weighted by atomic mass is 9.96. The van der Waals surface area contributed by atoms with Crippen molar-refractivity contribution in [3.8, 4) is 0 Å². The molecule has 0 unspecified atom stereocenters. The second kappa shape index (κ2) is 6.59. The van der Waals surface area contributed by atoms with Crippen molar-refractivity contribution >= 4 is 23.5 Å². The summed E-state index contributed by atoms with van der Waals surface area (Å²) in [5.41, 5.74) is 0.180. The molecule has 2 saturated heterocycles. The summed E-state index contributed by atoms with van der Waals surface area (Å²) < 4.78 is 13.9. The number of amides is 2. The number of likely N-dealkylation sites (tertiary alicyclic amines) is 1. The summed E-state index contributed by atoms with van der Waals surface area (Å²) >= 11 is 0. The summed E-state index contributed by atoms with van der Waals surface area (Å²) in [6, 6.07) is 5.98. The molecule has 128 valence electrons. The van der Waals surface area contributed by atoms with Crippen molar-refractivity contribution in [1.82, 2.24) is 4.90 Å². The molecular formula is C17H19FN2O4. The molecule has 6 nitrogen and oxygen atoms in total. The van der Waals surface area contributed by atoms with Gasteiger partial charge in [-0.1, -0.05) is 12.1 Å². The van der Waals surface area contributed by atoms with Crippen molar-refractivity contribution in [2.75, 3.05) is 24.5 Å². The second-order valence-electron chi connectivity index (χ2n) is 6.32. The van der Waals surface area contributed by atoms with Gasteiger partial charge in [0.15, 0.2) is 0 Å². The zero-order valence-electron chi connectivity index (χ0n) is 13.2. The number of nitrogens with zero attached hydrogens (tertiary/aromatic N) is 2. The summed E-state index contributed by atoms with van der Waals surface area (Å²) in [4.78, 5) is 38.8. The predicted octanol–water partition coefficient (Wildman–Crippen LogP) is 1.50. The van der Waals surface area contributed by atoms with Crippen molar-refractivity contribution in [3.05, 3.63) is 30.1 Å². The van der Waals surface area contributed by atoms with Gasteiger partial charge in [-0.25, -0.2) is 4.39 Å². The maximum atomic E-state index is 13.9. The van der Waals surface area contributed by atoms with Gasteiger partial charge in [-0.05, 0) is 25.0 Å². The minimum absolute atomic E-state index is 0.0292. The summed E-state index contributed by atoms with van der Waals surface area (Å²) in [6.45, 7) is 0.818. The molecule has 2 aliphatic rings. The highest BCUT2D eigenvalue weighted by Gasteiger charge is 2.39. The molecule has 3 rings (SSSR count). The molecule has 1 N–H and O–H groups in total. The van der Waals surface area contributed by atoms with E-state index in [-0.39, 0.29) is 37.0 Å². The Hall–Kier alpha value is -2.44. The summed E-state index contributed by atoms with van der Waals surface area (Å²) in [5.74, 6) is -3.00. The molecule has 2 fully saturated rings. The highest BCUT2D eigenvalue weighted by Crippen LogP contribution is 2.29. The number of carbonyl (C=O) groups is 3. The monoisotopic (exact) mass is 334 g/mol. The molecule has 2 heterocycles. The fourth-order valence-electron chi connectivity index (χ4n) is 3.41. The maximum Gasteiger partial charge on any atom is 0.308 e. The number of halogens is 1. The highest BCUT2D eigenvalue weighted by molar-refractivity contribution is 6.00. The number of carboxylic acid groups (broad SMARTS) is 1. The minimum Gasteiger partial charge on any atom is -0.481 e. The minimum atomic E-state index is -0.900. The van der Waals surface area contributed by atoms with E-state index in [9.17, 15) is 18.8 Å². The van der Waals surface area contributed by atoms with Crippen LogP contribution in [-0.2, 0) is 14.4 Å². The normalized spacial score (nSPS) is 24.3. The third-order valence-electron chi connectivity index (χ3n) is 4.70. The van der Waals surface area contributed by atoms with E-state index in [0.717, 1.165) is 0 Å². The smallest absolute Gasteiger partial charge is 0.308 e.